The van der Waals surface area contributed by atoms with Gasteiger partial charge in [-0.15, -0.1) is 0 Å². The highest BCUT2D eigenvalue weighted by Gasteiger charge is 2.24. The van der Waals surface area contributed by atoms with Gasteiger partial charge < -0.3 is 25.0 Å². The SMILES string of the molecule is C=C/C(=C\C(=NC)c1nc2c(c(N(C)CC(=O)Nc3cccc(F)c3)n1)CCC2)OCCNC(=O)OC(C)(C)C. The van der Waals surface area contributed by atoms with Gasteiger partial charge in [-0.3, -0.25) is 9.79 Å². The maximum Gasteiger partial charge on any atom is 0.407 e. The number of ether oxygens (including phenoxy) is 2. The highest BCUT2D eigenvalue weighted by molar-refractivity contribution is 6.06. The van der Waals surface area contributed by atoms with Crippen molar-refractivity contribution in [2.45, 2.75) is 45.6 Å². The maximum atomic E-state index is 13.5. The molecule has 0 unspecified atom stereocenters. The van der Waals surface area contributed by atoms with E-state index >= 15 is 0 Å². The molecule has 3 rings (SSSR count). The fourth-order valence-electron chi connectivity index (χ4n) is 4.06. The van der Waals surface area contributed by atoms with Gasteiger partial charge in [0.25, 0.3) is 0 Å². The van der Waals surface area contributed by atoms with Crippen LogP contribution in [0.4, 0.5) is 20.7 Å². The Morgan fingerprint density at radius 3 is 2.70 bits per heavy atom. The number of hydrogen-bond donors (Lipinski definition) is 2. The number of fused-ring (bicyclic) bond motifs is 1. The van der Waals surface area contributed by atoms with Gasteiger partial charge in [0, 0.05) is 37.1 Å². The van der Waals surface area contributed by atoms with E-state index in [0.29, 0.717) is 28.8 Å². The third-order valence-corrected chi connectivity index (χ3v) is 5.75. The summed E-state index contributed by atoms with van der Waals surface area (Å²) >= 11 is 0. The molecule has 1 aliphatic rings. The van der Waals surface area contributed by atoms with Crippen LogP contribution in [0.2, 0.25) is 0 Å². The lowest BCUT2D eigenvalue weighted by molar-refractivity contribution is -0.114. The van der Waals surface area contributed by atoms with Gasteiger partial charge in [-0.2, -0.15) is 0 Å². The molecule has 214 valence electrons. The van der Waals surface area contributed by atoms with Crippen LogP contribution in [0.25, 0.3) is 0 Å². The molecule has 40 heavy (non-hydrogen) atoms. The number of benzene rings is 1. The number of anilines is 2. The Bertz CT molecular complexity index is 1300. The predicted molar refractivity (Wildman–Crippen MR) is 153 cm³/mol. The molecule has 11 heteroatoms. The molecule has 0 spiro atoms. The minimum atomic E-state index is -0.586. The molecule has 1 aromatic carbocycles. The van der Waals surface area contributed by atoms with Crippen molar-refractivity contribution in [3.63, 3.8) is 0 Å². The van der Waals surface area contributed by atoms with Crippen LogP contribution in [-0.2, 0) is 27.1 Å². The molecule has 1 heterocycles. The highest BCUT2D eigenvalue weighted by Crippen LogP contribution is 2.28. The number of carbonyl (C=O) groups excluding carboxylic acids is 2. The molecule has 1 aromatic heterocycles. The summed E-state index contributed by atoms with van der Waals surface area (Å²) in [5.74, 6) is 0.743. The topological polar surface area (TPSA) is 118 Å². The van der Waals surface area contributed by atoms with Gasteiger partial charge >= 0.3 is 6.09 Å². The highest BCUT2D eigenvalue weighted by atomic mass is 19.1. The van der Waals surface area contributed by atoms with Crippen molar-refractivity contribution < 1.29 is 23.5 Å². The molecule has 2 aromatic rings. The first-order chi connectivity index (χ1) is 19.0. The van der Waals surface area contributed by atoms with E-state index in [1.165, 1.54) is 24.3 Å². The molecular weight excluding hydrogens is 515 g/mol. The molecule has 0 fully saturated rings. The van der Waals surface area contributed by atoms with Crippen LogP contribution in [-0.4, -0.2) is 67.1 Å². The summed E-state index contributed by atoms with van der Waals surface area (Å²) in [6, 6.07) is 5.75. The maximum absolute atomic E-state index is 13.5. The number of nitrogens with one attached hydrogen (secondary N) is 2. The third-order valence-electron chi connectivity index (χ3n) is 5.75. The Hall–Kier alpha value is -4.28. The number of aryl methyl sites for hydroxylation is 1. The van der Waals surface area contributed by atoms with Crippen molar-refractivity contribution in [2.75, 3.05) is 44.0 Å². The Labute approximate surface area is 234 Å². The van der Waals surface area contributed by atoms with Crippen LogP contribution in [0, 0.1) is 5.82 Å². The zero-order chi connectivity index (χ0) is 29.3. The summed E-state index contributed by atoms with van der Waals surface area (Å²) in [7, 11) is 3.41. The number of hydrogen-bond acceptors (Lipinski definition) is 8. The largest absolute Gasteiger partial charge is 0.492 e. The van der Waals surface area contributed by atoms with E-state index in [9.17, 15) is 14.0 Å². The number of carbonyl (C=O) groups is 2. The minimum absolute atomic E-state index is 0.0134. The zero-order valence-electron chi connectivity index (χ0n) is 23.7. The van der Waals surface area contributed by atoms with Crippen LogP contribution in [0.3, 0.4) is 0 Å². The number of amides is 2. The Balaban J connectivity index is 1.71. The quantitative estimate of drug-likeness (QED) is 0.186. The summed E-state index contributed by atoms with van der Waals surface area (Å²) in [5, 5.41) is 5.36. The number of aromatic nitrogens is 2. The number of alkyl carbamates (subject to hydrolysis) is 1. The summed E-state index contributed by atoms with van der Waals surface area (Å²) in [6.45, 7) is 9.61. The van der Waals surface area contributed by atoms with Gasteiger partial charge in [0.15, 0.2) is 5.82 Å². The standard InChI is InChI=1S/C29H37FN6O4/c1-7-21(39-15-14-32-28(38)40-29(2,3)4)17-24(31-5)26-34-23-13-9-12-22(23)27(35-26)36(6)18-25(37)33-20-11-8-10-19(30)16-20/h7-8,10-11,16-17H,1,9,12-15,18H2,2-6H3,(H,32,38)(H,33,37)/b21-17+,31-24?. The number of allylic oxidation sites excluding steroid dienone is 2. The zero-order valence-corrected chi connectivity index (χ0v) is 23.7. The van der Waals surface area contributed by atoms with Gasteiger partial charge in [-0.25, -0.2) is 19.2 Å². The van der Waals surface area contributed by atoms with E-state index in [0.717, 1.165) is 30.5 Å². The fraction of sp³-hybridized carbons (Fsp3) is 0.414. The Morgan fingerprint density at radius 1 is 1.25 bits per heavy atom. The first kappa shape index (κ1) is 30.3. The lowest BCUT2D eigenvalue weighted by Gasteiger charge is -2.21. The summed E-state index contributed by atoms with van der Waals surface area (Å²) in [6.07, 6.45) is 5.23. The normalized spacial score (nSPS) is 13.3. The van der Waals surface area contributed by atoms with Crippen LogP contribution < -0.4 is 15.5 Å². The average Bonchev–Trinajstić information content (AvgIpc) is 3.35. The van der Waals surface area contributed by atoms with Crippen molar-refractivity contribution in [2.24, 2.45) is 4.99 Å². The number of rotatable bonds is 11. The van der Waals surface area contributed by atoms with Crippen LogP contribution in [0.5, 0.6) is 0 Å². The number of nitrogens with zero attached hydrogens (tertiary/aromatic N) is 4. The fourth-order valence-corrected chi connectivity index (χ4v) is 4.06. The second kappa shape index (κ2) is 13.7. The minimum Gasteiger partial charge on any atom is -0.492 e. The lowest BCUT2D eigenvalue weighted by Crippen LogP contribution is -2.34. The second-order valence-corrected chi connectivity index (χ2v) is 10.2. The van der Waals surface area contributed by atoms with Crippen LogP contribution in [0.15, 0.2) is 53.7 Å². The molecule has 0 radical (unpaired) electrons. The summed E-state index contributed by atoms with van der Waals surface area (Å²) < 4.78 is 24.5. The first-order valence-corrected chi connectivity index (χ1v) is 13.1. The van der Waals surface area contributed by atoms with E-state index in [4.69, 9.17) is 19.4 Å². The molecule has 0 atom stereocenters. The average molecular weight is 553 g/mol. The van der Waals surface area contributed by atoms with Crippen molar-refractivity contribution in [1.29, 1.82) is 0 Å². The van der Waals surface area contributed by atoms with Crippen molar-refractivity contribution in [1.82, 2.24) is 15.3 Å². The van der Waals surface area contributed by atoms with Gasteiger partial charge in [-0.05, 0) is 64.3 Å². The van der Waals surface area contributed by atoms with Gasteiger partial charge in [-0.1, -0.05) is 12.6 Å². The Morgan fingerprint density at radius 2 is 2.02 bits per heavy atom. The smallest absolute Gasteiger partial charge is 0.407 e. The van der Waals surface area contributed by atoms with E-state index in [1.807, 2.05) is 0 Å². The third kappa shape index (κ3) is 8.89. The van der Waals surface area contributed by atoms with E-state index in [-0.39, 0.29) is 25.6 Å². The molecular formula is C29H37FN6O4. The van der Waals surface area contributed by atoms with Crippen molar-refractivity contribution >= 4 is 29.2 Å². The van der Waals surface area contributed by atoms with E-state index < -0.39 is 17.5 Å². The molecule has 10 nitrogen and oxygen atoms in total. The molecule has 0 saturated carbocycles. The van der Waals surface area contributed by atoms with Gasteiger partial charge in [0.1, 0.15) is 35.3 Å². The predicted octanol–water partition coefficient (Wildman–Crippen LogP) is 4.21. The Kier molecular flexibility index (Phi) is 10.4. The molecule has 2 N–H and O–H groups in total. The van der Waals surface area contributed by atoms with Gasteiger partial charge in [0.05, 0.1) is 13.1 Å². The number of likely N-dealkylation sites (N-methyl/N-ethyl adjacent to an activating group) is 1. The van der Waals surface area contributed by atoms with Gasteiger partial charge in [0.2, 0.25) is 5.91 Å². The molecule has 0 saturated heterocycles. The van der Waals surface area contributed by atoms with Crippen molar-refractivity contribution in [3.05, 3.63) is 71.7 Å². The second-order valence-electron chi connectivity index (χ2n) is 10.2. The van der Waals surface area contributed by atoms with E-state index in [1.54, 1.807) is 51.9 Å². The first-order valence-electron chi connectivity index (χ1n) is 13.1. The van der Waals surface area contributed by atoms with Crippen molar-refractivity contribution in [3.8, 4) is 0 Å². The number of halogens is 1. The molecule has 0 bridgehead atoms. The molecule has 0 aliphatic heterocycles. The summed E-state index contributed by atoms with van der Waals surface area (Å²) in [4.78, 5) is 40.1. The van der Waals surface area contributed by atoms with E-state index in [2.05, 4.69) is 22.2 Å². The molecule has 2 amide bonds. The molecule has 1 aliphatic carbocycles. The van der Waals surface area contributed by atoms with Crippen LogP contribution in [0.1, 0.15) is 44.3 Å². The summed E-state index contributed by atoms with van der Waals surface area (Å²) in [5.41, 5.74) is 2.18. The number of aliphatic imine (C=N–C) groups is 1. The monoisotopic (exact) mass is 552 g/mol. The lowest BCUT2D eigenvalue weighted by atomic mass is 10.2. The van der Waals surface area contributed by atoms with Crippen LogP contribution >= 0.6 is 0 Å².